The quantitative estimate of drug-likeness (QED) is 0.761. The van der Waals surface area contributed by atoms with Gasteiger partial charge in [-0.3, -0.25) is 0 Å². The summed E-state index contributed by atoms with van der Waals surface area (Å²) in [5.74, 6) is 1.48. The molecule has 0 aliphatic carbocycles. The monoisotopic (exact) mass is 355 g/mol. The molecule has 1 aromatic carbocycles. The highest BCUT2D eigenvalue weighted by Gasteiger charge is 2.07. The predicted octanol–water partition coefficient (Wildman–Crippen LogP) is 3.04. The number of nitrogens with one attached hydrogen (secondary N) is 1. The molecule has 5 nitrogen and oxygen atoms in total. The fourth-order valence-corrected chi connectivity index (χ4v) is 2.16. The van der Waals surface area contributed by atoms with Crippen molar-refractivity contribution in [2.45, 2.75) is 12.7 Å². The van der Waals surface area contributed by atoms with E-state index in [1.165, 1.54) is 0 Å². The van der Waals surface area contributed by atoms with E-state index in [0.717, 1.165) is 21.7 Å². The summed E-state index contributed by atoms with van der Waals surface area (Å²) in [6.07, 6.45) is 0.993. The summed E-state index contributed by atoms with van der Waals surface area (Å²) >= 11 is 3.39. The molecular formula is C15H18BrNO4. The fraction of sp³-hybridized carbons (Fsp3) is 0.333. The maximum absolute atomic E-state index is 9.86. The molecule has 0 aliphatic heterocycles. The molecule has 0 spiro atoms. The van der Waals surface area contributed by atoms with Crippen LogP contribution in [-0.4, -0.2) is 31.5 Å². The molecule has 0 aliphatic rings. The molecule has 114 valence electrons. The number of hydrogen-bond donors (Lipinski definition) is 2. The Hall–Kier alpha value is -1.50. The van der Waals surface area contributed by atoms with Gasteiger partial charge >= 0.3 is 0 Å². The lowest BCUT2D eigenvalue weighted by atomic mass is 10.3. The number of ether oxygens (including phenoxy) is 2. The van der Waals surface area contributed by atoms with Crippen molar-refractivity contribution in [3.63, 3.8) is 0 Å². The summed E-state index contributed by atoms with van der Waals surface area (Å²) in [7, 11) is 1.61. The lowest BCUT2D eigenvalue weighted by Crippen LogP contribution is -2.24. The van der Waals surface area contributed by atoms with E-state index in [0.29, 0.717) is 13.2 Å². The van der Waals surface area contributed by atoms with E-state index in [-0.39, 0.29) is 6.61 Å². The van der Waals surface area contributed by atoms with Crippen LogP contribution in [0.15, 0.2) is 45.5 Å². The molecule has 0 bridgehead atoms. The van der Waals surface area contributed by atoms with Crippen LogP contribution in [0, 0.1) is 0 Å². The number of benzene rings is 1. The van der Waals surface area contributed by atoms with Crippen LogP contribution >= 0.6 is 15.9 Å². The molecule has 2 rings (SSSR count). The van der Waals surface area contributed by atoms with Crippen molar-refractivity contribution >= 4 is 21.6 Å². The number of halogens is 1. The van der Waals surface area contributed by atoms with Gasteiger partial charge in [-0.2, -0.15) is 0 Å². The van der Waals surface area contributed by atoms with Gasteiger partial charge in [0, 0.05) is 18.3 Å². The Labute approximate surface area is 132 Å². The summed E-state index contributed by atoms with van der Waals surface area (Å²) in [5, 5.41) is 13.0. The molecule has 1 atom stereocenters. The van der Waals surface area contributed by atoms with Crippen molar-refractivity contribution in [1.82, 2.24) is 0 Å². The van der Waals surface area contributed by atoms with Gasteiger partial charge in [0.25, 0.3) is 0 Å². The largest absolute Gasteiger partial charge is 0.495 e. The average molecular weight is 356 g/mol. The standard InChI is InChI=1S/C15H18BrNO4/c1-19-15-7-11(4-5-14(15)16)17-8-12(18)9-20-10-13-3-2-6-21-13/h2-7,12,17-18H,8-10H2,1H3. The highest BCUT2D eigenvalue weighted by atomic mass is 79.9. The number of aliphatic hydroxyl groups is 1. The lowest BCUT2D eigenvalue weighted by molar-refractivity contribution is 0.0282. The second-order valence-corrected chi connectivity index (χ2v) is 5.33. The number of anilines is 1. The molecule has 0 radical (unpaired) electrons. The van der Waals surface area contributed by atoms with Crippen molar-refractivity contribution in [2.24, 2.45) is 0 Å². The first-order chi connectivity index (χ1) is 10.2. The Morgan fingerprint density at radius 2 is 2.24 bits per heavy atom. The number of methoxy groups -OCH3 is 1. The topological polar surface area (TPSA) is 63.9 Å². The van der Waals surface area contributed by atoms with Crippen LogP contribution in [0.5, 0.6) is 5.75 Å². The minimum absolute atomic E-state index is 0.237. The van der Waals surface area contributed by atoms with Crippen molar-refractivity contribution in [3.05, 3.63) is 46.8 Å². The normalized spacial score (nSPS) is 12.1. The molecule has 6 heteroatoms. The fourth-order valence-electron chi connectivity index (χ4n) is 1.75. The third-order valence-electron chi connectivity index (χ3n) is 2.83. The van der Waals surface area contributed by atoms with Crippen molar-refractivity contribution in [1.29, 1.82) is 0 Å². The summed E-state index contributed by atoms with van der Waals surface area (Å²) in [4.78, 5) is 0. The Bertz CT molecular complexity index is 545. The van der Waals surface area contributed by atoms with E-state index < -0.39 is 6.10 Å². The smallest absolute Gasteiger partial charge is 0.135 e. The zero-order chi connectivity index (χ0) is 15.1. The first-order valence-corrected chi connectivity index (χ1v) is 7.34. The molecular weight excluding hydrogens is 338 g/mol. The molecule has 21 heavy (non-hydrogen) atoms. The predicted molar refractivity (Wildman–Crippen MR) is 83.6 cm³/mol. The number of hydrogen-bond acceptors (Lipinski definition) is 5. The molecule has 0 saturated heterocycles. The third-order valence-corrected chi connectivity index (χ3v) is 3.48. The van der Waals surface area contributed by atoms with E-state index in [4.69, 9.17) is 13.9 Å². The van der Waals surface area contributed by atoms with Crippen LogP contribution < -0.4 is 10.1 Å². The average Bonchev–Trinajstić information content (AvgIpc) is 2.99. The first kappa shape index (κ1) is 15.9. The van der Waals surface area contributed by atoms with E-state index in [1.54, 1.807) is 19.4 Å². The van der Waals surface area contributed by atoms with Crippen molar-refractivity contribution in [2.75, 3.05) is 25.6 Å². The van der Waals surface area contributed by atoms with Gasteiger partial charge in [0.2, 0.25) is 0 Å². The van der Waals surface area contributed by atoms with Gasteiger partial charge in [-0.25, -0.2) is 0 Å². The Morgan fingerprint density at radius 1 is 1.38 bits per heavy atom. The zero-order valence-electron chi connectivity index (χ0n) is 11.7. The molecule has 0 saturated carbocycles. The Balaban J connectivity index is 1.72. The third kappa shape index (κ3) is 5.08. The van der Waals surface area contributed by atoms with E-state index >= 15 is 0 Å². The molecule has 2 aromatic rings. The zero-order valence-corrected chi connectivity index (χ0v) is 13.3. The van der Waals surface area contributed by atoms with Crippen LogP contribution in [0.2, 0.25) is 0 Å². The van der Waals surface area contributed by atoms with Crippen molar-refractivity contribution < 1.29 is 19.0 Å². The molecule has 1 aromatic heterocycles. The molecule has 1 heterocycles. The van der Waals surface area contributed by atoms with E-state index in [2.05, 4.69) is 21.2 Å². The maximum Gasteiger partial charge on any atom is 0.135 e. The van der Waals surface area contributed by atoms with Gasteiger partial charge < -0.3 is 24.3 Å². The second kappa shape index (κ2) is 8.07. The molecule has 2 N–H and O–H groups in total. The van der Waals surface area contributed by atoms with Gasteiger partial charge in [0.15, 0.2) is 0 Å². The highest BCUT2D eigenvalue weighted by Crippen LogP contribution is 2.27. The van der Waals surface area contributed by atoms with Gasteiger partial charge in [0.05, 0.1) is 30.6 Å². The van der Waals surface area contributed by atoms with Gasteiger partial charge in [0.1, 0.15) is 18.1 Å². The van der Waals surface area contributed by atoms with E-state index in [1.807, 2.05) is 24.3 Å². The second-order valence-electron chi connectivity index (χ2n) is 4.48. The Morgan fingerprint density at radius 3 is 2.95 bits per heavy atom. The van der Waals surface area contributed by atoms with Crippen molar-refractivity contribution in [3.8, 4) is 5.75 Å². The highest BCUT2D eigenvalue weighted by molar-refractivity contribution is 9.10. The number of aliphatic hydroxyl groups excluding tert-OH is 1. The minimum Gasteiger partial charge on any atom is -0.495 e. The SMILES string of the molecule is COc1cc(NCC(O)COCc2ccco2)ccc1Br. The molecule has 0 amide bonds. The van der Waals surface area contributed by atoms with Crippen LogP contribution in [-0.2, 0) is 11.3 Å². The summed E-state index contributed by atoms with van der Waals surface area (Å²) in [6.45, 7) is 0.987. The number of rotatable bonds is 8. The van der Waals surface area contributed by atoms with Gasteiger partial charge in [-0.1, -0.05) is 0 Å². The van der Waals surface area contributed by atoms with Gasteiger partial charge in [-0.05, 0) is 40.2 Å². The molecule has 0 fully saturated rings. The van der Waals surface area contributed by atoms with Crippen LogP contribution in [0.1, 0.15) is 5.76 Å². The van der Waals surface area contributed by atoms with Crippen LogP contribution in [0.3, 0.4) is 0 Å². The number of furan rings is 1. The minimum atomic E-state index is -0.602. The van der Waals surface area contributed by atoms with E-state index in [9.17, 15) is 5.11 Å². The first-order valence-electron chi connectivity index (χ1n) is 6.54. The summed E-state index contributed by atoms with van der Waals surface area (Å²) < 4.78 is 16.6. The molecule has 1 unspecified atom stereocenters. The van der Waals surface area contributed by atoms with Crippen LogP contribution in [0.25, 0.3) is 0 Å². The van der Waals surface area contributed by atoms with Crippen LogP contribution in [0.4, 0.5) is 5.69 Å². The maximum atomic E-state index is 9.86. The lowest BCUT2D eigenvalue weighted by Gasteiger charge is -2.14. The summed E-state index contributed by atoms with van der Waals surface area (Å²) in [6, 6.07) is 9.29. The Kier molecular flexibility index (Phi) is 6.10. The summed E-state index contributed by atoms with van der Waals surface area (Å²) in [5.41, 5.74) is 0.875. The van der Waals surface area contributed by atoms with Gasteiger partial charge in [-0.15, -0.1) is 0 Å².